The van der Waals surface area contributed by atoms with Crippen LogP contribution in [0.5, 0.6) is 0 Å². The normalized spacial score (nSPS) is 6.00. The molecule has 0 spiro atoms. The number of hydrogen-bond donors (Lipinski definition) is 4. The molecule has 5 nitrogen and oxygen atoms in total. The maximum atomic E-state index is 7.33. The van der Waals surface area contributed by atoms with Gasteiger partial charge in [0.25, 0.3) is 0 Å². The monoisotopic (exact) mass is 416 g/mol. The molecule has 0 saturated carbocycles. The average Bonchev–Trinajstić information content (AvgIpc) is 0.722. The van der Waals surface area contributed by atoms with Crippen LogP contribution in [0.2, 0.25) is 0 Å². The van der Waals surface area contributed by atoms with Gasteiger partial charge in [0, 0.05) is 0 Å². The van der Waals surface area contributed by atoms with Crippen molar-refractivity contribution in [1.29, 1.82) is 0 Å². The Bertz CT molecular complexity index is 37.1. The third kappa shape index (κ3) is 76.6. The van der Waals surface area contributed by atoms with Crippen LogP contribution in [-0.4, -0.2) is 183 Å². The summed E-state index contributed by atoms with van der Waals surface area (Å²) in [6, 6.07) is 0. The van der Waals surface area contributed by atoms with Crippen LogP contribution in [0.4, 0.5) is 0 Å². The molecule has 10 heteroatoms. The summed E-state index contributed by atoms with van der Waals surface area (Å²) in [5.74, 6) is 0. The van der Waals surface area contributed by atoms with E-state index in [9.17, 15) is 0 Å². The van der Waals surface area contributed by atoms with Crippen LogP contribution in [-0.2, 0) is 0 Å². The van der Waals surface area contributed by atoms with Crippen molar-refractivity contribution in [1.82, 2.24) is 0 Å². The Kier molecular flexibility index (Phi) is 70.7. The van der Waals surface area contributed by atoms with Crippen LogP contribution in [0, 0.1) is 0 Å². The van der Waals surface area contributed by atoms with Crippen LogP contribution < -0.4 is 0 Å². The fourth-order valence-electron chi connectivity index (χ4n) is 0. The van der Waals surface area contributed by atoms with Gasteiger partial charge in [0.2, 0.25) is 0 Å². The van der Waals surface area contributed by atoms with Gasteiger partial charge in [-0.25, -0.2) is 0 Å². The van der Waals surface area contributed by atoms with E-state index in [1.54, 1.807) is 0 Å². The van der Waals surface area contributed by atoms with Crippen molar-refractivity contribution >= 4 is 159 Å². The first kappa shape index (κ1) is 36.4. The molecule has 0 amide bonds. The Labute approximate surface area is 178 Å². The van der Waals surface area contributed by atoms with E-state index >= 15 is 0 Å². The second-order valence-electron chi connectivity index (χ2n) is 0.600. The minimum absolute atomic E-state index is 0. The van der Waals surface area contributed by atoms with Gasteiger partial charge in [-0.2, -0.15) is 0 Å². The molecule has 0 aromatic heterocycles. The summed E-state index contributed by atoms with van der Waals surface area (Å²) in [6.07, 6.45) is 0. The average molecular weight is 415 g/mol. The SMILES string of the molecule is O.O[Si](O)(O)O.[AlH3].[BaH2].[CaH2].[SrH2]. The predicted molar refractivity (Wildman–Crippen MR) is 53.8 cm³/mol. The Hall–Kier alpha value is 4.86. The van der Waals surface area contributed by atoms with E-state index in [-0.39, 0.29) is 155 Å². The van der Waals surface area contributed by atoms with Gasteiger partial charge >= 0.3 is 141 Å². The fourth-order valence-corrected chi connectivity index (χ4v) is 0. The van der Waals surface area contributed by atoms with Crippen LogP contribution in [0.25, 0.3) is 0 Å². The Balaban J connectivity index is -0.00000000800. The van der Waals surface area contributed by atoms with Crippen LogP contribution >= 0.6 is 0 Å². The Morgan fingerprint density at radius 3 is 0.900 bits per heavy atom. The first-order valence-corrected chi connectivity index (χ1v) is 2.68. The Morgan fingerprint density at radius 1 is 0.900 bits per heavy atom. The molecule has 0 unspecified atom stereocenters. The van der Waals surface area contributed by atoms with E-state index in [2.05, 4.69) is 0 Å². The van der Waals surface area contributed by atoms with Gasteiger partial charge in [0.05, 0.1) is 0 Å². The van der Waals surface area contributed by atoms with E-state index in [1.165, 1.54) is 0 Å². The molecule has 0 aliphatic carbocycles. The molecule has 0 fully saturated rings. The molecule has 0 saturated heterocycles. The van der Waals surface area contributed by atoms with Crippen molar-refractivity contribution in [2.24, 2.45) is 0 Å². The van der Waals surface area contributed by atoms with E-state index in [1.807, 2.05) is 0 Å². The fraction of sp³-hybridized carbons (Fsp3) is 0. The van der Waals surface area contributed by atoms with Crippen molar-refractivity contribution in [3.8, 4) is 0 Å². The molecular weight excluding hydrogens is 400 g/mol. The molecule has 6 N–H and O–H groups in total. The van der Waals surface area contributed by atoms with E-state index in [0.717, 1.165) is 0 Å². The first-order valence-electron chi connectivity index (χ1n) is 0.894. The van der Waals surface area contributed by atoms with E-state index in [0.29, 0.717) is 0 Å². The topological polar surface area (TPSA) is 112 Å². The molecule has 10 heavy (non-hydrogen) atoms. The van der Waals surface area contributed by atoms with Gasteiger partial charge in [0.1, 0.15) is 0 Å². The van der Waals surface area contributed by atoms with Gasteiger partial charge in [-0.05, 0) is 0 Å². The van der Waals surface area contributed by atoms with Crippen molar-refractivity contribution in [2.45, 2.75) is 0 Å². The quantitative estimate of drug-likeness (QED) is 0.295. The zero-order valence-electron chi connectivity index (χ0n) is 2.79. The summed E-state index contributed by atoms with van der Waals surface area (Å²) in [6.45, 7) is 0. The second-order valence-corrected chi connectivity index (χ2v) is 1.80. The summed E-state index contributed by atoms with van der Waals surface area (Å²) >= 11 is 0. The first-order chi connectivity index (χ1) is 2.00. The molecule has 0 aliphatic heterocycles. The summed E-state index contributed by atoms with van der Waals surface area (Å²) in [5, 5.41) is 0. The van der Waals surface area contributed by atoms with E-state index < -0.39 is 9.05 Å². The van der Waals surface area contributed by atoms with Crippen LogP contribution in [0.15, 0.2) is 0 Å². The molecule has 0 radical (unpaired) electrons. The van der Waals surface area contributed by atoms with E-state index in [4.69, 9.17) is 19.2 Å². The molecule has 0 bridgehead atoms. The Morgan fingerprint density at radius 2 is 0.900 bits per heavy atom. The molecule has 0 rings (SSSR count). The summed E-state index contributed by atoms with van der Waals surface area (Å²) in [5.41, 5.74) is 0. The van der Waals surface area contributed by atoms with Crippen molar-refractivity contribution in [3.63, 3.8) is 0 Å². The van der Waals surface area contributed by atoms with Gasteiger partial charge in [-0.1, -0.05) is 0 Å². The van der Waals surface area contributed by atoms with Gasteiger partial charge in [-0.3, -0.25) is 0 Å². The molecule has 0 aliphatic rings. The van der Waals surface area contributed by atoms with Crippen LogP contribution in [0.1, 0.15) is 0 Å². The molecule has 0 atom stereocenters. The van der Waals surface area contributed by atoms with Crippen molar-refractivity contribution in [3.05, 3.63) is 0 Å². The summed E-state index contributed by atoms with van der Waals surface area (Å²) < 4.78 is 0. The molecule has 58 valence electrons. The molecule has 0 heterocycles. The van der Waals surface area contributed by atoms with Gasteiger partial charge in [0.15, 0.2) is 17.4 Å². The van der Waals surface area contributed by atoms with Crippen LogP contribution in [0.3, 0.4) is 0 Å². The second kappa shape index (κ2) is 19.4. The molecular formula is H15AlBaCaO5SiSr. The maximum absolute atomic E-state index is 7.33. The number of hydrogen-bond acceptors (Lipinski definition) is 4. The zero-order chi connectivity index (χ0) is 4.50. The predicted octanol–water partition coefficient (Wildman–Crippen LogP) is -7.37. The minimum atomic E-state index is -4.61. The third-order valence-corrected chi connectivity index (χ3v) is 0. The van der Waals surface area contributed by atoms with Crippen molar-refractivity contribution < 1.29 is 24.7 Å². The van der Waals surface area contributed by atoms with Crippen molar-refractivity contribution in [2.75, 3.05) is 0 Å². The number of rotatable bonds is 0. The standard InChI is InChI=1S/Al.Ba.Ca.H4O4Si.H2O.Sr.9H/c;;;1-5(2,3)4;;;;;;;;;;;/h;;;1-4H;1H2;;;;;;;;;;. The van der Waals surface area contributed by atoms with Gasteiger partial charge in [-0.15, -0.1) is 0 Å². The molecule has 0 aromatic rings. The molecule has 0 aromatic carbocycles. The summed E-state index contributed by atoms with van der Waals surface area (Å²) in [4.78, 5) is 29.3. The zero-order valence-corrected chi connectivity index (χ0v) is 3.79. The third-order valence-electron chi connectivity index (χ3n) is 0. The van der Waals surface area contributed by atoms with Gasteiger partial charge < -0.3 is 24.7 Å². The summed E-state index contributed by atoms with van der Waals surface area (Å²) in [7, 11) is -4.61.